The molecule has 0 radical (unpaired) electrons. The predicted molar refractivity (Wildman–Crippen MR) is 46.2 cm³/mol. The molecule has 2 bridgehead atoms. The van der Waals surface area contributed by atoms with Crippen LogP contribution in [0, 0.1) is 0 Å². The molecule has 0 N–H and O–H groups in total. The summed E-state index contributed by atoms with van der Waals surface area (Å²) in [4.78, 5) is 2.45. The molecule has 0 amide bonds. The highest BCUT2D eigenvalue weighted by molar-refractivity contribution is 4.84. The summed E-state index contributed by atoms with van der Waals surface area (Å²) >= 11 is 0. The SMILES string of the molecule is COCCN1CC2CCC(C1)O2. The Kier molecular flexibility index (Phi) is 2.63. The number of hydrogen-bond donors (Lipinski definition) is 0. The van der Waals surface area contributed by atoms with Gasteiger partial charge in [0.15, 0.2) is 0 Å². The molecule has 2 saturated heterocycles. The molecule has 3 nitrogen and oxygen atoms in total. The lowest BCUT2D eigenvalue weighted by molar-refractivity contribution is -0.0433. The second-order valence-electron chi connectivity index (χ2n) is 3.71. The maximum atomic E-state index is 5.72. The van der Waals surface area contributed by atoms with Gasteiger partial charge in [-0.2, -0.15) is 0 Å². The molecule has 2 unspecified atom stereocenters. The molecule has 2 atom stereocenters. The van der Waals surface area contributed by atoms with E-state index in [4.69, 9.17) is 9.47 Å². The van der Waals surface area contributed by atoms with Crippen LogP contribution in [0.5, 0.6) is 0 Å². The van der Waals surface area contributed by atoms with Crippen molar-refractivity contribution >= 4 is 0 Å². The second kappa shape index (κ2) is 3.73. The van der Waals surface area contributed by atoms with E-state index in [1.54, 1.807) is 7.11 Å². The number of likely N-dealkylation sites (tertiary alicyclic amines) is 1. The van der Waals surface area contributed by atoms with E-state index in [1.807, 2.05) is 0 Å². The van der Waals surface area contributed by atoms with Crippen molar-refractivity contribution < 1.29 is 9.47 Å². The van der Waals surface area contributed by atoms with Crippen molar-refractivity contribution in [2.45, 2.75) is 25.0 Å². The lowest BCUT2D eigenvalue weighted by Gasteiger charge is -2.31. The first-order valence-corrected chi connectivity index (χ1v) is 4.75. The summed E-state index contributed by atoms with van der Waals surface area (Å²) in [6.07, 6.45) is 3.55. The topological polar surface area (TPSA) is 21.7 Å². The van der Waals surface area contributed by atoms with Gasteiger partial charge in [-0.1, -0.05) is 0 Å². The summed E-state index contributed by atoms with van der Waals surface area (Å²) in [6.45, 7) is 4.13. The van der Waals surface area contributed by atoms with Crippen LogP contribution in [0.2, 0.25) is 0 Å². The van der Waals surface area contributed by atoms with Crippen LogP contribution >= 0.6 is 0 Å². The molecule has 2 aliphatic heterocycles. The molecule has 0 aromatic rings. The molecular formula is C9H17NO2. The molecule has 2 heterocycles. The van der Waals surface area contributed by atoms with Gasteiger partial charge in [0.2, 0.25) is 0 Å². The quantitative estimate of drug-likeness (QED) is 0.617. The maximum Gasteiger partial charge on any atom is 0.0707 e. The molecule has 12 heavy (non-hydrogen) atoms. The van der Waals surface area contributed by atoms with Crippen LogP contribution in [0.3, 0.4) is 0 Å². The average Bonchev–Trinajstić information content (AvgIpc) is 2.42. The Balaban J connectivity index is 1.78. The highest BCUT2D eigenvalue weighted by atomic mass is 16.5. The van der Waals surface area contributed by atoms with Crippen molar-refractivity contribution in [3.8, 4) is 0 Å². The number of nitrogens with zero attached hydrogens (tertiary/aromatic N) is 1. The summed E-state index contributed by atoms with van der Waals surface area (Å²) in [7, 11) is 1.76. The zero-order chi connectivity index (χ0) is 8.39. The van der Waals surface area contributed by atoms with Gasteiger partial charge >= 0.3 is 0 Å². The Morgan fingerprint density at radius 2 is 2.00 bits per heavy atom. The highest BCUT2D eigenvalue weighted by Gasteiger charge is 2.33. The number of fused-ring (bicyclic) bond motifs is 2. The first-order valence-electron chi connectivity index (χ1n) is 4.75. The van der Waals surface area contributed by atoms with Crippen LogP contribution in [0.25, 0.3) is 0 Å². The van der Waals surface area contributed by atoms with Gasteiger partial charge in [-0.3, -0.25) is 4.90 Å². The Morgan fingerprint density at radius 1 is 1.33 bits per heavy atom. The van der Waals surface area contributed by atoms with E-state index in [-0.39, 0.29) is 0 Å². The van der Waals surface area contributed by atoms with Gasteiger partial charge in [0.1, 0.15) is 0 Å². The van der Waals surface area contributed by atoms with Crippen LogP contribution in [-0.2, 0) is 9.47 Å². The van der Waals surface area contributed by atoms with Gasteiger partial charge in [-0.05, 0) is 12.8 Å². The Hall–Kier alpha value is -0.120. The zero-order valence-corrected chi connectivity index (χ0v) is 7.66. The molecule has 2 fully saturated rings. The third-order valence-corrected chi connectivity index (χ3v) is 2.73. The molecule has 0 aromatic heterocycles. The van der Waals surface area contributed by atoms with Crippen molar-refractivity contribution in [3.63, 3.8) is 0 Å². The summed E-state index contributed by atoms with van der Waals surface area (Å²) in [5, 5.41) is 0. The normalized spacial score (nSPS) is 35.8. The fourth-order valence-corrected chi connectivity index (χ4v) is 2.10. The van der Waals surface area contributed by atoms with Crippen LogP contribution in [0.15, 0.2) is 0 Å². The number of morpholine rings is 1. The maximum absolute atomic E-state index is 5.72. The molecule has 0 aromatic carbocycles. The molecule has 70 valence electrons. The molecule has 2 rings (SSSR count). The summed E-state index contributed by atoms with van der Waals surface area (Å²) in [5.74, 6) is 0. The molecule has 2 aliphatic rings. The summed E-state index contributed by atoms with van der Waals surface area (Å²) < 4.78 is 10.8. The monoisotopic (exact) mass is 171 g/mol. The molecule has 0 spiro atoms. The standard InChI is InChI=1S/C9H17NO2/c1-11-5-4-10-6-8-2-3-9(7-10)12-8/h8-9H,2-7H2,1H3. The predicted octanol–water partition coefficient (Wildman–Crippen LogP) is 0.496. The van der Waals surface area contributed by atoms with Gasteiger partial charge in [0.25, 0.3) is 0 Å². The Bertz CT molecular complexity index is 139. The third kappa shape index (κ3) is 1.79. The van der Waals surface area contributed by atoms with E-state index in [9.17, 15) is 0 Å². The summed E-state index contributed by atoms with van der Waals surface area (Å²) in [6, 6.07) is 0. The molecular weight excluding hydrogens is 154 g/mol. The lowest BCUT2D eigenvalue weighted by atomic mass is 10.2. The second-order valence-corrected chi connectivity index (χ2v) is 3.71. The number of rotatable bonds is 3. The van der Waals surface area contributed by atoms with Crippen molar-refractivity contribution in [1.29, 1.82) is 0 Å². The van der Waals surface area contributed by atoms with Crippen molar-refractivity contribution in [1.82, 2.24) is 4.90 Å². The minimum atomic E-state index is 0.514. The Labute approximate surface area is 73.6 Å². The van der Waals surface area contributed by atoms with Crippen LogP contribution < -0.4 is 0 Å². The largest absolute Gasteiger partial charge is 0.383 e. The Morgan fingerprint density at radius 3 is 2.58 bits per heavy atom. The first kappa shape index (κ1) is 8.48. The van der Waals surface area contributed by atoms with Crippen molar-refractivity contribution in [2.75, 3.05) is 33.4 Å². The minimum absolute atomic E-state index is 0.514. The van der Waals surface area contributed by atoms with Gasteiger partial charge in [-0.15, -0.1) is 0 Å². The third-order valence-electron chi connectivity index (χ3n) is 2.73. The lowest BCUT2D eigenvalue weighted by Crippen LogP contribution is -2.43. The number of hydrogen-bond acceptors (Lipinski definition) is 3. The number of ether oxygens (including phenoxy) is 2. The smallest absolute Gasteiger partial charge is 0.0707 e. The molecule has 0 saturated carbocycles. The van der Waals surface area contributed by atoms with E-state index in [1.165, 1.54) is 12.8 Å². The van der Waals surface area contributed by atoms with Crippen LogP contribution in [-0.4, -0.2) is 50.5 Å². The van der Waals surface area contributed by atoms with Gasteiger partial charge in [-0.25, -0.2) is 0 Å². The van der Waals surface area contributed by atoms with Gasteiger partial charge < -0.3 is 9.47 Å². The van der Waals surface area contributed by atoms with Gasteiger partial charge in [0, 0.05) is 26.7 Å². The number of methoxy groups -OCH3 is 1. The fraction of sp³-hybridized carbons (Fsp3) is 1.00. The van der Waals surface area contributed by atoms with Crippen molar-refractivity contribution in [3.05, 3.63) is 0 Å². The van der Waals surface area contributed by atoms with E-state index >= 15 is 0 Å². The summed E-state index contributed by atoms with van der Waals surface area (Å²) in [5.41, 5.74) is 0. The highest BCUT2D eigenvalue weighted by Crippen LogP contribution is 2.25. The van der Waals surface area contributed by atoms with Gasteiger partial charge in [0.05, 0.1) is 18.8 Å². The van der Waals surface area contributed by atoms with E-state index in [2.05, 4.69) is 4.90 Å². The van der Waals surface area contributed by atoms with Crippen LogP contribution in [0.1, 0.15) is 12.8 Å². The average molecular weight is 171 g/mol. The molecule has 0 aliphatic carbocycles. The fourth-order valence-electron chi connectivity index (χ4n) is 2.10. The van der Waals surface area contributed by atoms with E-state index in [0.717, 1.165) is 26.2 Å². The molecule has 3 heteroatoms. The minimum Gasteiger partial charge on any atom is -0.383 e. The zero-order valence-electron chi connectivity index (χ0n) is 7.66. The van der Waals surface area contributed by atoms with E-state index < -0.39 is 0 Å². The van der Waals surface area contributed by atoms with E-state index in [0.29, 0.717) is 12.2 Å². The van der Waals surface area contributed by atoms with Crippen molar-refractivity contribution in [2.24, 2.45) is 0 Å². The first-order chi connectivity index (χ1) is 5.88. The van der Waals surface area contributed by atoms with Crippen LogP contribution in [0.4, 0.5) is 0 Å².